The molecule has 0 aromatic carbocycles. The Bertz CT molecular complexity index is 146. The highest BCUT2D eigenvalue weighted by atomic mass is 14.8. The van der Waals surface area contributed by atoms with Crippen LogP contribution in [-0.4, -0.2) is 18.3 Å². The van der Waals surface area contributed by atoms with E-state index in [4.69, 9.17) is 5.73 Å². The first-order valence-corrected chi connectivity index (χ1v) is 4.55. The second kappa shape index (κ2) is 4.04. The molecular formula is C10H22N2. The van der Waals surface area contributed by atoms with Crippen molar-refractivity contribution in [3.8, 4) is 0 Å². The molecular weight excluding hydrogens is 148 g/mol. The Labute approximate surface area is 76.3 Å². The van der Waals surface area contributed by atoms with Crippen molar-refractivity contribution in [2.75, 3.05) is 0 Å². The second-order valence-electron chi connectivity index (χ2n) is 4.39. The standard InChI is InChI=1S/C10H22N2/c1-7(9(3)12-6)8(2)10(4,5)11/h7-9H,6,11H2,1-5H3. The van der Waals surface area contributed by atoms with Crippen LogP contribution in [0.2, 0.25) is 0 Å². The molecule has 0 saturated carbocycles. The minimum atomic E-state index is -0.127. The van der Waals surface area contributed by atoms with Crippen LogP contribution in [0.4, 0.5) is 0 Å². The van der Waals surface area contributed by atoms with Crippen LogP contribution >= 0.6 is 0 Å². The van der Waals surface area contributed by atoms with Crippen LogP contribution in [-0.2, 0) is 0 Å². The number of nitrogens with zero attached hydrogens (tertiary/aromatic N) is 1. The molecule has 0 aliphatic heterocycles. The molecule has 12 heavy (non-hydrogen) atoms. The first-order chi connectivity index (χ1) is 5.30. The van der Waals surface area contributed by atoms with Gasteiger partial charge in [-0.15, -0.1) is 0 Å². The molecule has 2 N–H and O–H groups in total. The Morgan fingerprint density at radius 2 is 1.67 bits per heavy atom. The van der Waals surface area contributed by atoms with Gasteiger partial charge in [0.2, 0.25) is 0 Å². The van der Waals surface area contributed by atoms with Gasteiger partial charge in [0.25, 0.3) is 0 Å². The van der Waals surface area contributed by atoms with E-state index in [2.05, 4.69) is 46.3 Å². The smallest absolute Gasteiger partial charge is 0.0493 e. The molecule has 72 valence electrons. The molecule has 2 nitrogen and oxygen atoms in total. The summed E-state index contributed by atoms with van der Waals surface area (Å²) in [5.41, 5.74) is 5.88. The van der Waals surface area contributed by atoms with Crippen molar-refractivity contribution in [2.45, 2.75) is 46.2 Å². The highest BCUT2D eigenvalue weighted by Gasteiger charge is 2.28. The lowest BCUT2D eigenvalue weighted by Crippen LogP contribution is -2.44. The average Bonchev–Trinajstić information content (AvgIpc) is 1.98. The molecule has 0 aliphatic rings. The summed E-state index contributed by atoms with van der Waals surface area (Å²) in [6.07, 6.45) is 0. The average molecular weight is 170 g/mol. The van der Waals surface area contributed by atoms with E-state index in [1.54, 1.807) is 0 Å². The van der Waals surface area contributed by atoms with Gasteiger partial charge >= 0.3 is 0 Å². The summed E-state index contributed by atoms with van der Waals surface area (Å²) < 4.78 is 0. The van der Waals surface area contributed by atoms with Gasteiger partial charge in [0.15, 0.2) is 0 Å². The Morgan fingerprint density at radius 3 is 1.92 bits per heavy atom. The lowest BCUT2D eigenvalue weighted by Gasteiger charge is -2.34. The van der Waals surface area contributed by atoms with E-state index in [1.807, 2.05) is 0 Å². The minimum Gasteiger partial charge on any atom is -0.325 e. The molecule has 0 heterocycles. The third kappa shape index (κ3) is 2.94. The maximum atomic E-state index is 6.01. The SMILES string of the molecule is C=NC(C)C(C)C(C)C(C)(C)N. The van der Waals surface area contributed by atoms with Crippen molar-refractivity contribution < 1.29 is 0 Å². The molecule has 0 aliphatic carbocycles. The van der Waals surface area contributed by atoms with Crippen molar-refractivity contribution in [3.05, 3.63) is 0 Å². The highest BCUT2D eigenvalue weighted by Crippen LogP contribution is 2.25. The first-order valence-electron chi connectivity index (χ1n) is 4.55. The van der Waals surface area contributed by atoms with E-state index in [-0.39, 0.29) is 5.54 Å². The van der Waals surface area contributed by atoms with Gasteiger partial charge in [-0.25, -0.2) is 0 Å². The molecule has 3 atom stereocenters. The number of aliphatic imine (C=N–C) groups is 1. The number of rotatable bonds is 4. The molecule has 2 heteroatoms. The monoisotopic (exact) mass is 170 g/mol. The Morgan fingerprint density at radius 1 is 1.25 bits per heavy atom. The van der Waals surface area contributed by atoms with E-state index in [1.165, 1.54) is 0 Å². The first kappa shape index (κ1) is 11.6. The molecule has 0 bridgehead atoms. The van der Waals surface area contributed by atoms with Crippen LogP contribution in [0.1, 0.15) is 34.6 Å². The van der Waals surface area contributed by atoms with Crippen LogP contribution in [0.5, 0.6) is 0 Å². The van der Waals surface area contributed by atoms with Crippen molar-refractivity contribution in [2.24, 2.45) is 22.6 Å². The molecule has 0 amide bonds. The van der Waals surface area contributed by atoms with Gasteiger partial charge in [0.1, 0.15) is 0 Å². The zero-order valence-corrected chi connectivity index (χ0v) is 8.96. The predicted molar refractivity (Wildman–Crippen MR) is 55.6 cm³/mol. The van der Waals surface area contributed by atoms with Crippen LogP contribution in [0.15, 0.2) is 4.99 Å². The summed E-state index contributed by atoms with van der Waals surface area (Å²) in [7, 11) is 0. The summed E-state index contributed by atoms with van der Waals surface area (Å²) in [5.74, 6) is 0.945. The van der Waals surface area contributed by atoms with Gasteiger partial charge in [0.05, 0.1) is 0 Å². The molecule has 0 spiro atoms. The molecule has 0 saturated heterocycles. The molecule has 0 radical (unpaired) electrons. The maximum Gasteiger partial charge on any atom is 0.0493 e. The molecule has 0 rings (SSSR count). The Balaban J connectivity index is 4.28. The zero-order chi connectivity index (χ0) is 9.94. The lowest BCUT2D eigenvalue weighted by atomic mass is 9.78. The Kier molecular flexibility index (Phi) is 3.91. The van der Waals surface area contributed by atoms with E-state index >= 15 is 0 Å². The van der Waals surface area contributed by atoms with Gasteiger partial charge in [-0.3, -0.25) is 4.99 Å². The van der Waals surface area contributed by atoms with E-state index in [0.717, 1.165) is 0 Å². The van der Waals surface area contributed by atoms with Gasteiger partial charge in [-0.1, -0.05) is 13.8 Å². The van der Waals surface area contributed by atoms with Crippen LogP contribution in [0, 0.1) is 11.8 Å². The second-order valence-corrected chi connectivity index (χ2v) is 4.39. The molecule has 3 unspecified atom stereocenters. The largest absolute Gasteiger partial charge is 0.325 e. The summed E-state index contributed by atoms with van der Waals surface area (Å²) in [6, 6.07) is 0.294. The summed E-state index contributed by atoms with van der Waals surface area (Å²) in [5, 5.41) is 0. The van der Waals surface area contributed by atoms with E-state index < -0.39 is 0 Å². The quantitative estimate of drug-likeness (QED) is 0.645. The zero-order valence-electron chi connectivity index (χ0n) is 8.96. The van der Waals surface area contributed by atoms with Gasteiger partial charge in [-0.05, 0) is 39.3 Å². The fraction of sp³-hybridized carbons (Fsp3) is 0.900. The van der Waals surface area contributed by atoms with Crippen molar-refractivity contribution in [1.82, 2.24) is 0 Å². The molecule has 0 fully saturated rings. The maximum absolute atomic E-state index is 6.01. The van der Waals surface area contributed by atoms with Crippen LogP contribution in [0.25, 0.3) is 0 Å². The van der Waals surface area contributed by atoms with Crippen LogP contribution in [0.3, 0.4) is 0 Å². The highest BCUT2D eigenvalue weighted by molar-refractivity contribution is 5.24. The fourth-order valence-electron chi connectivity index (χ4n) is 1.26. The summed E-state index contributed by atoms with van der Waals surface area (Å²) in [6.45, 7) is 14.1. The lowest BCUT2D eigenvalue weighted by molar-refractivity contribution is 0.230. The third-order valence-electron chi connectivity index (χ3n) is 3.01. The number of hydrogen-bond acceptors (Lipinski definition) is 2. The Hall–Kier alpha value is -0.370. The van der Waals surface area contributed by atoms with Gasteiger partial charge in [0, 0.05) is 11.6 Å². The third-order valence-corrected chi connectivity index (χ3v) is 3.01. The van der Waals surface area contributed by atoms with E-state index in [9.17, 15) is 0 Å². The molecule has 0 aromatic rings. The van der Waals surface area contributed by atoms with Crippen molar-refractivity contribution in [3.63, 3.8) is 0 Å². The number of nitrogens with two attached hydrogens (primary N) is 1. The normalized spacial score (nSPS) is 19.8. The molecule has 0 aromatic heterocycles. The van der Waals surface area contributed by atoms with Gasteiger partial charge in [-0.2, -0.15) is 0 Å². The number of hydrogen-bond donors (Lipinski definition) is 1. The topological polar surface area (TPSA) is 38.4 Å². The summed E-state index contributed by atoms with van der Waals surface area (Å²) in [4.78, 5) is 4.02. The van der Waals surface area contributed by atoms with Crippen molar-refractivity contribution >= 4 is 6.72 Å². The van der Waals surface area contributed by atoms with E-state index in [0.29, 0.717) is 17.9 Å². The summed E-state index contributed by atoms with van der Waals surface area (Å²) >= 11 is 0. The van der Waals surface area contributed by atoms with Crippen LogP contribution < -0.4 is 5.73 Å². The predicted octanol–water partition coefficient (Wildman–Crippen LogP) is 2.08. The minimum absolute atomic E-state index is 0.127. The fourth-order valence-corrected chi connectivity index (χ4v) is 1.26. The van der Waals surface area contributed by atoms with Crippen molar-refractivity contribution in [1.29, 1.82) is 0 Å². The van der Waals surface area contributed by atoms with Gasteiger partial charge < -0.3 is 5.73 Å².